The normalized spacial score (nSPS) is 19.5. The first kappa shape index (κ1) is 14.6. The highest BCUT2D eigenvalue weighted by atomic mass is 35.5. The van der Waals surface area contributed by atoms with Crippen molar-refractivity contribution in [3.63, 3.8) is 0 Å². The van der Waals surface area contributed by atoms with Crippen molar-refractivity contribution in [3.05, 3.63) is 58.1 Å². The summed E-state index contributed by atoms with van der Waals surface area (Å²) in [5, 5.41) is 18.7. The minimum atomic E-state index is -1.04. The lowest BCUT2D eigenvalue weighted by molar-refractivity contribution is 0.0697. The van der Waals surface area contributed by atoms with Gasteiger partial charge in [0.05, 0.1) is 22.1 Å². The van der Waals surface area contributed by atoms with E-state index in [1.807, 2.05) is 25.1 Å². The van der Waals surface area contributed by atoms with Gasteiger partial charge in [0.25, 0.3) is 0 Å². The molecule has 0 aromatic heterocycles. The van der Waals surface area contributed by atoms with Crippen LogP contribution in [0.3, 0.4) is 0 Å². The molecule has 0 amide bonds. The monoisotopic (exact) mass is 311 g/mol. The lowest BCUT2D eigenvalue weighted by Crippen LogP contribution is -2.14. The summed E-state index contributed by atoms with van der Waals surface area (Å²) in [4.78, 5) is 11.0. The number of carbonyl (C=O) groups is 1. The maximum absolute atomic E-state index is 11.0. The van der Waals surface area contributed by atoms with E-state index in [0.29, 0.717) is 0 Å². The van der Waals surface area contributed by atoms with Crippen LogP contribution in [0.2, 0.25) is 5.02 Å². The number of rotatable bonds is 2. The number of aryl methyl sites for hydroxylation is 1. The fourth-order valence-corrected chi connectivity index (χ4v) is 3.25. The van der Waals surface area contributed by atoms with Crippen molar-refractivity contribution >= 4 is 17.6 Å². The summed E-state index contributed by atoms with van der Waals surface area (Å²) in [7, 11) is 0. The minimum Gasteiger partial charge on any atom is -0.478 e. The molecule has 0 saturated carbocycles. The summed E-state index contributed by atoms with van der Waals surface area (Å²) in [5.41, 5.74) is 3.71. The number of nitriles is 1. The van der Waals surface area contributed by atoms with Crippen LogP contribution in [0.15, 0.2) is 36.4 Å². The zero-order valence-corrected chi connectivity index (χ0v) is 12.8. The van der Waals surface area contributed by atoms with E-state index < -0.39 is 11.4 Å². The highest BCUT2D eigenvalue weighted by Crippen LogP contribution is 2.40. The Hall–Kier alpha value is -2.31. The van der Waals surface area contributed by atoms with Crippen LogP contribution in [0.4, 0.5) is 0 Å². The number of aromatic carboxylic acids is 1. The topological polar surface area (TPSA) is 61.1 Å². The fourth-order valence-electron chi connectivity index (χ4n) is 2.99. The highest BCUT2D eigenvalue weighted by molar-refractivity contribution is 6.33. The maximum Gasteiger partial charge on any atom is 0.337 e. The van der Waals surface area contributed by atoms with Gasteiger partial charge in [0.15, 0.2) is 0 Å². The molecule has 1 atom stereocenters. The number of benzene rings is 2. The predicted molar refractivity (Wildman–Crippen MR) is 85.1 cm³/mol. The molecule has 1 N–H and O–H groups in total. The Morgan fingerprint density at radius 3 is 2.59 bits per heavy atom. The van der Waals surface area contributed by atoms with Crippen molar-refractivity contribution < 1.29 is 9.90 Å². The molecule has 0 spiro atoms. The third-order valence-corrected chi connectivity index (χ3v) is 4.69. The molecule has 22 heavy (non-hydrogen) atoms. The zero-order chi connectivity index (χ0) is 15.9. The Labute approximate surface area is 133 Å². The smallest absolute Gasteiger partial charge is 0.337 e. The molecule has 1 aliphatic carbocycles. The Kier molecular flexibility index (Phi) is 3.42. The van der Waals surface area contributed by atoms with E-state index in [-0.39, 0.29) is 10.6 Å². The molecule has 2 aromatic carbocycles. The van der Waals surface area contributed by atoms with Gasteiger partial charge in [-0.3, -0.25) is 0 Å². The molecule has 3 rings (SSSR count). The second-order valence-electron chi connectivity index (χ2n) is 5.82. The van der Waals surface area contributed by atoms with Crippen LogP contribution in [0, 0.1) is 11.3 Å². The number of hydrogen-bond acceptors (Lipinski definition) is 2. The van der Waals surface area contributed by atoms with E-state index in [9.17, 15) is 10.1 Å². The standard InChI is InChI=1S/C18H14ClNO2/c1-18(10-20)7-6-11-2-3-12(8-15(11)18)13-4-5-14(17(21)22)16(19)9-13/h2-5,8-9H,6-7H2,1H3,(H,21,22). The molecule has 0 saturated heterocycles. The van der Waals surface area contributed by atoms with Gasteiger partial charge in [0.1, 0.15) is 0 Å². The summed E-state index contributed by atoms with van der Waals surface area (Å²) in [6, 6.07) is 13.4. The van der Waals surface area contributed by atoms with Crippen molar-refractivity contribution in [3.8, 4) is 17.2 Å². The largest absolute Gasteiger partial charge is 0.478 e. The fraction of sp³-hybridized carbons (Fsp3) is 0.222. The Balaban J connectivity index is 2.08. The van der Waals surface area contributed by atoms with Gasteiger partial charge < -0.3 is 5.11 Å². The second-order valence-corrected chi connectivity index (χ2v) is 6.22. The highest BCUT2D eigenvalue weighted by Gasteiger charge is 2.34. The molecule has 0 bridgehead atoms. The van der Waals surface area contributed by atoms with Gasteiger partial charge in [-0.1, -0.05) is 29.8 Å². The first-order valence-corrected chi connectivity index (χ1v) is 7.40. The third kappa shape index (κ3) is 2.26. The van der Waals surface area contributed by atoms with Gasteiger partial charge in [0, 0.05) is 0 Å². The molecule has 0 aliphatic heterocycles. The number of carboxylic acid groups (broad SMARTS) is 1. The number of fused-ring (bicyclic) bond motifs is 1. The summed E-state index contributed by atoms with van der Waals surface area (Å²) >= 11 is 6.04. The Morgan fingerprint density at radius 1 is 1.27 bits per heavy atom. The molecular weight excluding hydrogens is 298 g/mol. The number of halogens is 1. The average Bonchev–Trinajstić information content (AvgIpc) is 2.84. The average molecular weight is 312 g/mol. The number of carboxylic acids is 1. The van der Waals surface area contributed by atoms with Crippen molar-refractivity contribution in [2.75, 3.05) is 0 Å². The molecule has 3 nitrogen and oxygen atoms in total. The lowest BCUT2D eigenvalue weighted by atomic mass is 9.84. The predicted octanol–water partition coefficient (Wildman–Crippen LogP) is 4.43. The van der Waals surface area contributed by atoms with Crippen molar-refractivity contribution in [2.24, 2.45) is 0 Å². The van der Waals surface area contributed by atoms with Crippen LogP contribution in [0.25, 0.3) is 11.1 Å². The first-order chi connectivity index (χ1) is 10.4. The molecule has 0 heterocycles. The van der Waals surface area contributed by atoms with Crippen LogP contribution in [-0.4, -0.2) is 11.1 Å². The quantitative estimate of drug-likeness (QED) is 0.892. The molecule has 4 heteroatoms. The van der Waals surface area contributed by atoms with Crippen molar-refractivity contribution in [1.82, 2.24) is 0 Å². The third-order valence-electron chi connectivity index (χ3n) is 4.38. The molecule has 1 aliphatic rings. The van der Waals surface area contributed by atoms with Crippen LogP contribution in [0.1, 0.15) is 34.8 Å². The van der Waals surface area contributed by atoms with E-state index >= 15 is 0 Å². The van der Waals surface area contributed by atoms with E-state index in [4.69, 9.17) is 16.7 Å². The van der Waals surface area contributed by atoms with E-state index in [1.54, 1.807) is 12.1 Å². The lowest BCUT2D eigenvalue weighted by Gasteiger charge is -2.16. The van der Waals surface area contributed by atoms with Gasteiger partial charge >= 0.3 is 5.97 Å². The van der Waals surface area contributed by atoms with E-state index in [2.05, 4.69) is 6.07 Å². The summed E-state index contributed by atoms with van der Waals surface area (Å²) in [6.07, 6.45) is 1.75. The molecule has 110 valence electrons. The SMILES string of the molecule is CC1(C#N)CCc2ccc(-c3ccc(C(=O)O)c(Cl)c3)cc21. The van der Waals surface area contributed by atoms with Crippen molar-refractivity contribution in [2.45, 2.75) is 25.2 Å². The van der Waals surface area contributed by atoms with Crippen molar-refractivity contribution in [1.29, 1.82) is 5.26 Å². The molecule has 0 radical (unpaired) electrons. The van der Waals surface area contributed by atoms with E-state index in [1.165, 1.54) is 11.6 Å². The molecule has 0 fully saturated rings. The summed E-state index contributed by atoms with van der Waals surface area (Å²) in [5.74, 6) is -1.04. The molecule has 2 aromatic rings. The first-order valence-electron chi connectivity index (χ1n) is 7.02. The van der Waals surface area contributed by atoms with E-state index in [0.717, 1.165) is 29.5 Å². The van der Waals surface area contributed by atoms with Gasteiger partial charge in [-0.25, -0.2) is 4.79 Å². The van der Waals surface area contributed by atoms with Gasteiger partial charge in [-0.2, -0.15) is 5.26 Å². The van der Waals surface area contributed by atoms with Crippen LogP contribution >= 0.6 is 11.6 Å². The summed E-state index contributed by atoms with van der Waals surface area (Å²) < 4.78 is 0. The second kappa shape index (κ2) is 5.15. The van der Waals surface area contributed by atoms with Gasteiger partial charge in [-0.05, 0) is 60.2 Å². The van der Waals surface area contributed by atoms with Gasteiger partial charge in [-0.15, -0.1) is 0 Å². The minimum absolute atomic E-state index is 0.0911. The molecular formula is C18H14ClNO2. The van der Waals surface area contributed by atoms with Crippen LogP contribution in [0.5, 0.6) is 0 Å². The number of hydrogen-bond donors (Lipinski definition) is 1. The van der Waals surface area contributed by atoms with Crippen LogP contribution < -0.4 is 0 Å². The van der Waals surface area contributed by atoms with Crippen LogP contribution in [-0.2, 0) is 11.8 Å². The number of nitrogens with zero attached hydrogens (tertiary/aromatic N) is 1. The van der Waals surface area contributed by atoms with Gasteiger partial charge in [0.2, 0.25) is 0 Å². The maximum atomic E-state index is 11.0. The Morgan fingerprint density at radius 2 is 1.95 bits per heavy atom. The Bertz CT molecular complexity index is 822. The summed E-state index contributed by atoms with van der Waals surface area (Å²) in [6.45, 7) is 1.96. The zero-order valence-electron chi connectivity index (χ0n) is 12.1. The molecule has 1 unspecified atom stereocenters.